The van der Waals surface area contributed by atoms with E-state index in [1.54, 1.807) is 0 Å². The molecule has 0 fully saturated rings. The summed E-state index contributed by atoms with van der Waals surface area (Å²) < 4.78 is 22.2. The van der Waals surface area contributed by atoms with Gasteiger partial charge >= 0.3 is 15.6 Å². The fourth-order valence-electron chi connectivity index (χ4n) is 0.867. The summed E-state index contributed by atoms with van der Waals surface area (Å²) in [5, 5.41) is 3.39. The molecular weight excluding hydrogens is 316 g/mol. The summed E-state index contributed by atoms with van der Waals surface area (Å²) in [5.41, 5.74) is 0. The van der Waals surface area contributed by atoms with Gasteiger partial charge in [-0.05, 0) is 25.9 Å². The van der Waals surface area contributed by atoms with Crippen LogP contribution in [0.5, 0.6) is 0 Å². The lowest BCUT2D eigenvalue weighted by atomic mass is 10.3. The number of hydrogen-bond acceptors (Lipinski definition) is 4. The maximum Gasteiger partial charge on any atom is 0.478 e. The van der Waals surface area contributed by atoms with E-state index in [4.69, 9.17) is 19.6 Å². The van der Waals surface area contributed by atoms with Gasteiger partial charge in [-0.2, -0.15) is 4.31 Å². The normalized spacial score (nSPS) is 10.7. The molecule has 0 bridgehead atoms. The minimum absolute atomic E-state index is 0. The highest BCUT2D eigenvalue weighted by Crippen LogP contribution is 2.53. The van der Waals surface area contributed by atoms with Crippen LogP contribution in [0.2, 0.25) is 0 Å². The van der Waals surface area contributed by atoms with Crippen molar-refractivity contribution in [2.75, 3.05) is 13.1 Å². The molecule has 20 heavy (non-hydrogen) atoms. The fourth-order valence-corrected chi connectivity index (χ4v) is 1.98. The number of unbranched alkanes of at least 4 members (excludes halogenated alkanes) is 2. The molecule has 0 aliphatic heterocycles. The van der Waals surface area contributed by atoms with E-state index < -0.39 is 15.6 Å². The summed E-state index contributed by atoms with van der Waals surface area (Å²) in [4.78, 5) is 31.0. The third-order valence-electron chi connectivity index (χ3n) is 1.63. The highest BCUT2D eigenvalue weighted by molar-refractivity contribution is 7.60. The third kappa shape index (κ3) is 36.2. The van der Waals surface area contributed by atoms with Gasteiger partial charge in [0.2, 0.25) is 0 Å². The molecule has 0 atom stereocenters. The summed E-state index contributed by atoms with van der Waals surface area (Å²) in [6.07, 6.45) is 5.26. The zero-order valence-electron chi connectivity index (χ0n) is 11.7. The minimum Gasteiger partial charge on any atom is -0.412 e. The van der Waals surface area contributed by atoms with Gasteiger partial charge in [-0.25, -0.2) is 9.13 Å². The predicted molar refractivity (Wildman–Crippen MR) is 75.1 cm³/mol. The monoisotopic (exact) mass is 343 g/mol. The summed E-state index contributed by atoms with van der Waals surface area (Å²) in [7, 11) is -10.1. The maximum atomic E-state index is 9.63. The second-order valence-electron chi connectivity index (χ2n) is 3.52. The van der Waals surface area contributed by atoms with Gasteiger partial charge in [-0.15, -0.1) is 0 Å². The van der Waals surface area contributed by atoms with Crippen LogP contribution in [-0.2, 0) is 13.4 Å². The van der Waals surface area contributed by atoms with Crippen LogP contribution < -0.4 is 5.32 Å². The van der Waals surface area contributed by atoms with Crippen LogP contribution in [0.3, 0.4) is 0 Å². The van der Waals surface area contributed by atoms with Crippen molar-refractivity contribution in [3.8, 4) is 0 Å². The average molecular weight is 343 g/mol. The smallest absolute Gasteiger partial charge is 0.412 e. The van der Waals surface area contributed by atoms with Crippen molar-refractivity contribution in [2.24, 2.45) is 0 Å². The lowest BCUT2D eigenvalue weighted by Gasteiger charge is -2.03. The zero-order chi connectivity index (χ0) is 14.7. The Bertz CT molecular complexity index is 251. The molecule has 0 aromatic carbocycles. The molecule has 0 heterocycles. The molecule has 10 nitrogen and oxygen atoms in total. The summed E-state index contributed by atoms with van der Waals surface area (Å²) >= 11 is 0. The number of phosphoric acid groups is 2. The molecule has 0 spiro atoms. The van der Waals surface area contributed by atoms with Crippen molar-refractivity contribution >= 4 is 15.6 Å². The van der Waals surface area contributed by atoms with E-state index in [2.05, 4.69) is 23.5 Å². The van der Waals surface area contributed by atoms with Gasteiger partial charge in [0.25, 0.3) is 0 Å². The van der Waals surface area contributed by atoms with E-state index in [1.807, 2.05) is 0 Å². The fraction of sp³-hybridized carbons (Fsp3) is 1.00. The summed E-state index contributed by atoms with van der Waals surface area (Å²) in [6, 6.07) is 0. The van der Waals surface area contributed by atoms with Gasteiger partial charge in [0.15, 0.2) is 0 Å². The van der Waals surface area contributed by atoms with Crippen molar-refractivity contribution in [1.29, 1.82) is 0 Å². The van der Waals surface area contributed by atoms with Crippen molar-refractivity contribution in [3.63, 3.8) is 0 Å². The molecule has 0 saturated heterocycles. The first-order valence-corrected chi connectivity index (χ1v) is 8.71. The van der Waals surface area contributed by atoms with Crippen LogP contribution >= 0.6 is 15.6 Å². The minimum atomic E-state index is -5.05. The summed E-state index contributed by atoms with van der Waals surface area (Å²) in [6.45, 7) is 6.86. The topological polar surface area (TPSA) is 199 Å². The Morgan fingerprint density at radius 3 is 1.30 bits per heavy atom. The molecular formula is C8H27NO9P2. The van der Waals surface area contributed by atoms with Gasteiger partial charge in [0, 0.05) is 0 Å². The van der Waals surface area contributed by atoms with E-state index in [0.717, 1.165) is 0 Å². The summed E-state index contributed by atoms with van der Waals surface area (Å²) in [5.74, 6) is 0. The second-order valence-corrected chi connectivity index (χ2v) is 6.14. The van der Waals surface area contributed by atoms with E-state index in [-0.39, 0.29) is 11.0 Å². The van der Waals surface area contributed by atoms with Gasteiger partial charge in [0.1, 0.15) is 0 Å². The molecule has 0 radical (unpaired) electrons. The number of rotatable bonds is 8. The van der Waals surface area contributed by atoms with E-state index in [9.17, 15) is 9.13 Å². The first-order chi connectivity index (χ1) is 8.12. The molecule has 0 unspecified atom stereocenters. The molecule has 9 N–H and O–H groups in total. The standard InChI is InChI=1S/C8H19N.H4O7P2.2H2O/c1-3-5-7-9-8-6-4-2;1-8(2,3)7-9(4,5)6;;/h9H,3-8H2,1-2H3;(H2,1,2,3)(H2,4,5,6);2*1H2. The largest absolute Gasteiger partial charge is 0.478 e. The van der Waals surface area contributed by atoms with Crippen LogP contribution in [0.4, 0.5) is 0 Å². The highest BCUT2D eigenvalue weighted by atomic mass is 31.3. The van der Waals surface area contributed by atoms with Crippen LogP contribution in [0.15, 0.2) is 0 Å². The quantitative estimate of drug-likeness (QED) is 0.292. The van der Waals surface area contributed by atoms with Gasteiger partial charge in [0.05, 0.1) is 0 Å². The number of hydrogen-bond donors (Lipinski definition) is 5. The van der Waals surface area contributed by atoms with Gasteiger partial charge < -0.3 is 35.8 Å². The Morgan fingerprint density at radius 1 is 0.850 bits per heavy atom. The SMILES string of the molecule is CCCCNCCCC.O.O.O=P(O)(O)OP(=O)(O)O. The third-order valence-corrected chi connectivity index (χ3v) is 3.33. The number of nitrogens with one attached hydrogen (secondary N) is 1. The zero-order valence-corrected chi connectivity index (χ0v) is 13.4. The first kappa shape index (κ1) is 28.3. The second kappa shape index (κ2) is 15.5. The predicted octanol–water partition coefficient (Wildman–Crippen LogP) is -0.285. The lowest BCUT2D eigenvalue weighted by Crippen LogP contribution is -2.15. The Balaban J connectivity index is -0.000000116. The Kier molecular flexibility index (Phi) is 22.0. The maximum absolute atomic E-state index is 9.63. The highest BCUT2D eigenvalue weighted by Gasteiger charge is 2.27. The van der Waals surface area contributed by atoms with Crippen LogP contribution in [0, 0.1) is 0 Å². The lowest BCUT2D eigenvalue weighted by molar-refractivity contribution is 0.225. The molecule has 0 rings (SSSR count). The molecule has 0 amide bonds. The Labute approximate surface area is 118 Å². The van der Waals surface area contributed by atoms with Crippen molar-refractivity contribution < 1.29 is 44.0 Å². The van der Waals surface area contributed by atoms with Crippen LogP contribution in [-0.4, -0.2) is 43.6 Å². The van der Waals surface area contributed by atoms with Crippen molar-refractivity contribution in [3.05, 3.63) is 0 Å². The van der Waals surface area contributed by atoms with Crippen LogP contribution in [0.25, 0.3) is 0 Å². The van der Waals surface area contributed by atoms with Gasteiger partial charge in [-0.3, -0.25) is 0 Å². The van der Waals surface area contributed by atoms with Crippen molar-refractivity contribution in [1.82, 2.24) is 5.32 Å². The average Bonchev–Trinajstić information content (AvgIpc) is 2.13. The van der Waals surface area contributed by atoms with Gasteiger partial charge in [-0.1, -0.05) is 26.7 Å². The molecule has 128 valence electrons. The Hall–Kier alpha value is 0.140. The molecule has 0 aliphatic carbocycles. The molecule has 0 saturated carbocycles. The molecule has 12 heteroatoms. The molecule has 0 aromatic rings. The van der Waals surface area contributed by atoms with E-state index in [0.29, 0.717) is 0 Å². The molecule has 0 aromatic heterocycles. The molecule has 0 aliphatic rings. The Morgan fingerprint density at radius 2 is 1.15 bits per heavy atom. The first-order valence-electron chi connectivity index (χ1n) is 5.65. The van der Waals surface area contributed by atoms with Crippen LogP contribution in [0.1, 0.15) is 39.5 Å². The van der Waals surface area contributed by atoms with Crippen molar-refractivity contribution in [2.45, 2.75) is 39.5 Å². The van der Waals surface area contributed by atoms with E-state index >= 15 is 0 Å². The van der Waals surface area contributed by atoms with E-state index in [1.165, 1.54) is 38.8 Å².